The van der Waals surface area contributed by atoms with Crippen LogP contribution in [0.15, 0.2) is 0 Å². The van der Waals surface area contributed by atoms with Crippen molar-refractivity contribution in [3.63, 3.8) is 0 Å². The second-order valence-corrected chi connectivity index (χ2v) is 5.93. The topological polar surface area (TPSA) is 208 Å². The maximum absolute atomic E-state index is 12.0. The number of rotatable bonds is 12. The van der Waals surface area contributed by atoms with Gasteiger partial charge in [0.25, 0.3) is 0 Å². The van der Waals surface area contributed by atoms with Gasteiger partial charge in [0.05, 0.1) is 25.6 Å². The molecule has 0 aliphatic heterocycles. The van der Waals surface area contributed by atoms with Crippen molar-refractivity contribution >= 4 is 29.7 Å². The van der Waals surface area contributed by atoms with Crippen molar-refractivity contribution in [2.75, 3.05) is 13.2 Å². The van der Waals surface area contributed by atoms with E-state index in [-0.39, 0.29) is 5.92 Å². The average molecular weight is 390 g/mol. The third-order valence-corrected chi connectivity index (χ3v) is 3.81. The lowest BCUT2D eigenvalue weighted by atomic mass is 9.99. The van der Waals surface area contributed by atoms with Crippen LogP contribution < -0.4 is 21.7 Å². The largest absolute Gasteiger partial charge is 0.481 e. The number of carbonyl (C=O) groups excluding carboxylic acids is 3. The van der Waals surface area contributed by atoms with Gasteiger partial charge in [-0.25, -0.2) is 4.79 Å². The highest BCUT2D eigenvalue weighted by Gasteiger charge is 2.27. The van der Waals surface area contributed by atoms with Crippen LogP contribution in [0, 0.1) is 5.92 Å². The summed E-state index contributed by atoms with van der Waals surface area (Å²) in [4.78, 5) is 57.0. The molecule has 0 radical (unpaired) electrons. The molecule has 0 heterocycles. The minimum Gasteiger partial charge on any atom is -0.481 e. The standard InChI is InChI=1S/C15H26N4O8/c1-3-7(2)12(16)14(25)19-9(6-20)13(24)17-5-10(21)18-8(15(26)27)4-11(22)23/h7-9,12,20H,3-6,16H2,1-2H3,(H,17,24)(H,18,21)(H,19,25)(H,22,23)(H,26,27). The molecule has 12 nitrogen and oxygen atoms in total. The molecule has 154 valence electrons. The molecular weight excluding hydrogens is 364 g/mol. The van der Waals surface area contributed by atoms with E-state index in [1.54, 1.807) is 6.92 Å². The minimum absolute atomic E-state index is 0.152. The van der Waals surface area contributed by atoms with E-state index in [9.17, 15) is 29.1 Å². The Hall–Kier alpha value is -2.73. The highest BCUT2D eigenvalue weighted by molar-refractivity contribution is 5.93. The van der Waals surface area contributed by atoms with Crippen LogP contribution in [-0.2, 0) is 24.0 Å². The van der Waals surface area contributed by atoms with E-state index in [1.807, 2.05) is 12.2 Å². The number of carbonyl (C=O) groups is 5. The van der Waals surface area contributed by atoms with Gasteiger partial charge in [-0.2, -0.15) is 0 Å². The summed E-state index contributed by atoms with van der Waals surface area (Å²) in [5, 5.41) is 33.0. The number of hydrogen-bond acceptors (Lipinski definition) is 7. The van der Waals surface area contributed by atoms with Crippen molar-refractivity contribution in [3.8, 4) is 0 Å². The van der Waals surface area contributed by atoms with E-state index in [2.05, 4.69) is 10.6 Å². The third kappa shape index (κ3) is 8.96. The molecule has 0 saturated heterocycles. The first-order valence-electron chi connectivity index (χ1n) is 8.21. The van der Waals surface area contributed by atoms with Gasteiger partial charge >= 0.3 is 11.9 Å². The number of hydrogen-bond donors (Lipinski definition) is 7. The molecule has 0 fully saturated rings. The predicted octanol–water partition coefficient (Wildman–Crippen LogP) is -3.00. The molecule has 4 atom stereocenters. The first kappa shape index (κ1) is 24.3. The minimum atomic E-state index is -1.66. The molecule has 12 heteroatoms. The van der Waals surface area contributed by atoms with Crippen molar-refractivity contribution in [2.24, 2.45) is 11.7 Å². The molecule has 4 unspecified atom stereocenters. The van der Waals surface area contributed by atoms with E-state index in [1.165, 1.54) is 0 Å². The lowest BCUT2D eigenvalue weighted by molar-refractivity contribution is -0.147. The van der Waals surface area contributed by atoms with E-state index in [0.717, 1.165) is 0 Å². The molecular formula is C15H26N4O8. The summed E-state index contributed by atoms with van der Waals surface area (Å²) in [5.74, 6) is -5.60. The van der Waals surface area contributed by atoms with Gasteiger partial charge in [-0.1, -0.05) is 20.3 Å². The van der Waals surface area contributed by atoms with Gasteiger partial charge in [0.2, 0.25) is 17.7 Å². The number of carboxylic acid groups (broad SMARTS) is 2. The van der Waals surface area contributed by atoms with Crippen molar-refractivity contribution in [3.05, 3.63) is 0 Å². The van der Waals surface area contributed by atoms with Gasteiger partial charge in [0, 0.05) is 0 Å². The average Bonchev–Trinajstić information content (AvgIpc) is 2.61. The maximum Gasteiger partial charge on any atom is 0.326 e. The molecule has 0 bridgehead atoms. The molecule has 8 N–H and O–H groups in total. The molecule has 0 spiro atoms. The number of carboxylic acids is 2. The molecule has 0 aromatic heterocycles. The van der Waals surface area contributed by atoms with Gasteiger partial charge in [-0.15, -0.1) is 0 Å². The fraction of sp³-hybridized carbons (Fsp3) is 0.667. The van der Waals surface area contributed by atoms with Gasteiger partial charge in [0.15, 0.2) is 0 Å². The summed E-state index contributed by atoms with van der Waals surface area (Å²) in [6.45, 7) is 2.16. The number of amides is 3. The lowest BCUT2D eigenvalue weighted by Crippen LogP contribution is -2.55. The van der Waals surface area contributed by atoms with Crippen LogP contribution in [0.5, 0.6) is 0 Å². The van der Waals surface area contributed by atoms with Crippen molar-refractivity contribution in [1.29, 1.82) is 0 Å². The summed E-state index contributed by atoms with van der Waals surface area (Å²) >= 11 is 0. The second-order valence-electron chi connectivity index (χ2n) is 5.93. The van der Waals surface area contributed by atoms with E-state index in [0.29, 0.717) is 6.42 Å². The fourth-order valence-corrected chi connectivity index (χ4v) is 1.89. The molecule has 27 heavy (non-hydrogen) atoms. The van der Waals surface area contributed by atoms with Crippen LogP contribution in [0.25, 0.3) is 0 Å². The van der Waals surface area contributed by atoms with E-state index < -0.39 is 67.4 Å². The van der Waals surface area contributed by atoms with Crippen LogP contribution in [-0.4, -0.2) is 76.3 Å². The van der Waals surface area contributed by atoms with Gasteiger partial charge in [0.1, 0.15) is 12.1 Å². The molecule has 0 saturated carbocycles. The highest BCUT2D eigenvalue weighted by atomic mass is 16.4. The first-order valence-corrected chi connectivity index (χ1v) is 8.21. The Labute approximate surface area is 155 Å². The van der Waals surface area contributed by atoms with Crippen molar-refractivity contribution in [1.82, 2.24) is 16.0 Å². The monoisotopic (exact) mass is 390 g/mol. The lowest BCUT2D eigenvalue weighted by Gasteiger charge is -2.22. The SMILES string of the molecule is CCC(C)C(N)C(=O)NC(CO)C(=O)NCC(=O)NC(CC(=O)O)C(=O)O. The van der Waals surface area contributed by atoms with Crippen molar-refractivity contribution < 1.29 is 39.3 Å². The Morgan fingerprint density at radius 2 is 1.59 bits per heavy atom. The van der Waals surface area contributed by atoms with Crippen LogP contribution in [0.3, 0.4) is 0 Å². The number of aliphatic carboxylic acids is 2. The first-order chi connectivity index (χ1) is 12.5. The summed E-state index contributed by atoms with van der Waals surface area (Å²) in [6.07, 6.45) is -0.205. The maximum atomic E-state index is 12.0. The Bertz CT molecular complexity index is 568. The number of nitrogens with two attached hydrogens (primary N) is 1. The van der Waals surface area contributed by atoms with Crippen LogP contribution in [0.2, 0.25) is 0 Å². The summed E-state index contributed by atoms with van der Waals surface area (Å²) in [6, 6.07) is -3.89. The van der Waals surface area contributed by atoms with E-state index >= 15 is 0 Å². The quantitative estimate of drug-likeness (QED) is 0.181. The summed E-state index contributed by atoms with van der Waals surface area (Å²) < 4.78 is 0. The van der Waals surface area contributed by atoms with Crippen LogP contribution in [0.4, 0.5) is 0 Å². The van der Waals surface area contributed by atoms with Crippen LogP contribution >= 0.6 is 0 Å². The zero-order chi connectivity index (χ0) is 21.1. The predicted molar refractivity (Wildman–Crippen MR) is 91.3 cm³/mol. The van der Waals surface area contributed by atoms with Gasteiger partial charge in [-0.3, -0.25) is 19.2 Å². The Kier molecular flexibility index (Phi) is 10.6. The molecule has 0 aliphatic rings. The Balaban J connectivity index is 4.63. The third-order valence-electron chi connectivity index (χ3n) is 3.81. The van der Waals surface area contributed by atoms with E-state index in [4.69, 9.17) is 15.9 Å². The van der Waals surface area contributed by atoms with Crippen molar-refractivity contribution in [2.45, 2.75) is 44.8 Å². The smallest absolute Gasteiger partial charge is 0.326 e. The Morgan fingerprint density at radius 1 is 1.00 bits per heavy atom. The second kappa shape index (κ2) is 11.8. The molecule has 0 aliphatic carbocycles. The molecule has 3 amide bonds. The highest BCUT2D eigenvalue weighted by Crippen LogP contribution is 2.05. The zero-order valence-electron chi connectivity index (χ0n) is 15.1. The molecule has 0 aromatic carbocycles. The normalized spacial score (nSPS) is 15.0. The summed E-state index contributed by atoms with van der Waals surface area (Å²) in [7, 11) is 0. The van der Waals surface area contributed by atoms with Gasteiger partial charge < -0.3 is 37.0 Å². The Morgan fingerprint density at radius 3 is 2.04 bits per heavy atom. The fourth-order valence-electron chi connectivity index (χ4n) is 1.89. The zero-order valence-corrected chi connectivity index (χ0v) is 15.1. The number of nitrogens with one attached hydrogen (secondary N) is 3. The molecule has 0 rings (SSSR count). The number of aliphatic hydroxyl groups is 1. The summed E-state index contributed by atoms with van der Waals surface area (Å²) in [5.41, 5.74) is 5.73. The number of aliphatic hydroxyl groups excluding tert-OH is 1. The van der Waals surface area contributed by atoms with Crippen LogP contribution in [0.1, 0.15) is 26.7 Å². The van der Waals surface area contributed by atoms with Gasteiger partial charge in [-0.05, 0) is 5.92 Å². The molecule has 0 aromatic rings.